The number of hydrogen-bond donors (Lipinski definition) is 0. The van der Waals surface area contributed by atoms with Crippen LogP contribution in [0.15, 0.2) is 48.8 Å². The van der Waals surface area contributed by atoms with Crippen LogP contribution in [0.3, 0.4) is 0 Å². The predicted octanol–water partition coefficient (Wildman–Crippen LogP) is 3.51. The van der Waals surface area contributed by atoms with Crippen LogP contribution in [-0.4, -0.2) is 28.3 Å². The molecular weight excluding hydrogens is 324 g/mol. The van der Waals surface area contributed by atoms with Crippen molar-refractivity contribution in [2.45, 2.75) is 13.3 Å². The Morgan fingerprint density at radius 1 is 1.29 bits per heavy atom. The van der Waals surface area contributed by atoms with Crippen LogP contribution in [-0.2, 0) is 9.59 Å². The van der Waals surface area contributed by atoms with E-state index in [1.165, 1.54) is 11.8 Å². The van der Waals surface area contributed by atoms with Gasteiger partial charge in [0, 0.05) is 37.5 Å². The zero-order chi connectivity index (χ0) is 16.9. The first-order valence-electron chi connectivity index (χ1n) is 7.73. The van der Waals surface area contributed by atoms with Gasteiger partial charge in [-0.15, -0.1) is 0 Å². The lowest BCUT2D eigenvalue weighted by atomic mass is 10.1. The number of thioether (sulfide) groups is 1. The quantitative estimate of drug-likeness (QED) is 0.832. The van der Waals surface area contributed by atoms with Gasteiger partial charge < -0.3 is 9.64 Å². The van der Waals surface area contributed by atoms with Gasteiger partial charge in [0.15, 0.2) is 5.12 Å². The number of carbonyl (C=O) groups excluding carboxylic acids is 2. The molecule has 0 radical (unpaired) electrons. The molecule has 0 aliphatic carbocycles. The molecule has 1 aromatic heterocycles. The Labute approximate surface area is 145 Å². The molecule has 0 N–H and O–H groups in total. The highest BCUT2D eigenvalue weighted by Gasteiger charge is 2.30. The first-order valence-corrected chi connectivity index (χ1v) is 8.72. The van der Waals surface area contributed by atoms with Crippen LogP contribution in [0.25, 0.3) is 0 Å². The van der Waals surface area contributed by atoms with E-state index >= 15 is 0 Å². The SMILES string of the molecule is CC(=O)SCC1CC(=O)N(c2ccc(Oc3cccnc3)cc2)C1. The van der Waals surface area contributed by atoms with Gasteiger partial charge in [-0.1, -0.05) is 11.8 Å². The Morgan fingerprint density at radius 2 is 2.08 bits per heavy atom. The number of benzene rings is 1. The van der Waals surface area contributed by atoms with Crippen molar-refractivity contribution in [1.82, 2.24) is 4.98 Å². The number of anilines is 1. The fraction of sp³-hybridized carbons (Fsp3) is 0.278. The molecule has 1 unspecified atom stereocenters. The number of pyridine rings is 1. The summed E-state index contributed by atoms with van der Waals surface area (Å²) in [6.07, 6.45) is 3.83. The lowest BCUT2D eigenvalue weighted by molar-refractivity contribution is -0.117. The number of nitrogens with zero attached hydrogens (tertiary/aromatic N) is 2. The van der Waals surface area contributed by atoms with E-state index in [1.54, 1.807) is 24.2 Å². The topological polar surface area (TPSA) is 59.5 Å². The van der Waals surface area contributed by atoms with Crippen molar-refractivity contribution in [3.05, 3.63) is 48.8 Å². The van der Waals surface area contributed by atoms with Crippen LogP contribution in [0.2, 0.25) is 0 Å². The Hall–Kier alpha value is -2.34. The molecule has 1 amide bonds. The maximum Gasteiger partial charge on any atom is 0.227 e. The van der Waals surface area contributed by atoms with Crippen molar-refractivity contribution >= 4 is 28.5 Å². The summed E-state index contributed by atoms with van der Waals surface area (Å²) in [4.78, 5) is 29.0. The lowest BCUT2D eigenvalue weighted by Gasteiger charge is -2.17. The normalized spacial score (nSPS) is 17.1. The fourth-order valence-corrected chi connectivity index (χ4v) is 3.31. The number of carbonyl (C=O) groups is 2. The average molecular weight is 342 g/mol. The molecule has 3 rings (SSSR count). The standard InChI is InChI=1S/C18H18N2O3S/c1-13(21)24-12-14-9-18(22)20(11-14)15-4-6-16(7-5-15)23-17-3-2-8-19-10-17/h2-8,10,14H,9,11-12H2,1H3. The van der Waals surface area contributed by atoms with Gasteiger partial charge >= 0.3 is 0 Å². The molecule has 0 spiro atoms. The van der Waals surface area contributed by atoms with Crippen LogP contribution in [0, 0.1) is 5.92 Å². The summed E-state index contributed by atoms with van der Waals surface area (Å²) in [6, 6.07) is 11.1. The van der Waals surface area contributed by atoms with Gasteiger partial charge in [-0.05, 0) is 42.3 Å². The minimum Gasteiger partial charge on any atom is -0.456 e. The number of ether oxygens (including phenoxy) is 1. The summed E-state index contributed by atoms with van der Waals surface area (Å²) in [7, 11) is 0. The monoisotopic (exact) mass is 342 g/mol. The van der Waals surface area contributed by atoms with E-state index in [4.69, 9.17) is 4.74 Å². The zero-order valence-corrected chi connectivity index (χ0v) is 14.2. The summed E-state index contributed by atoms with van der Waals surface area (Å²) in [5.74, 6) is 2.38. The van der Waals surface area contributed by atoms with Gasteiger partial charge in [0.05, 0.1) is 6.20 Å². The lowest BCUT2D eigenvalue weighted by Crippen LogP contribution is -2.24. The molecule has 1 atom stereocenters. The Kier molecular flexibility index (Phi) is 5.15. The van der Waals surface area contributed by atoms with Gasteiger partial charge in [-0.2, -0.15) is 0 Å². The molecule has 2 aromatic rings. The molecule has 1 saturated heterocycles. The van der Waals surface area contributed by atoms with Crippen LogP contribution in [0.4, 0.5) is 5.69 Å². The third kappa shape index (κ3) is 4.14. The largest absolute Gasteiger partial charge is 0.456 e. The molecule has 24 heavy (non-hydrogen) atoms. The second-order valence-electron chi connectivity index (χ2n) is 5.66. The first-order chi connectivity index (χ1) is 11.6. The summed E-state index contributed by atoms with van der Waals surface area (Å²) >= 11 is 1.29. The van der Waals surface area contributed by atoms with Gasteiger partial charge in [-0.3, -0.25) is 14.6 Å². The minimum absolute atomic E-state index is 0.0952. The zero-order valence-electron chi connectivity index (χ0n) is 13.3. The van der Waals surface area contributed by atoms with Crippen molar-refractivity contribution in [2.24, 2.45) is 5.92 Å². The highest BCUT2D eigenvalue weighted by molar-refractivity contribution is 8.13. The number of aromatic nitrogens is 1. The number of hydrogen-bond acceptors (Lipinski definition) is 5. The highest BCUT2D eigenvalue weighted by Crippen LogP contribution is 2.29. The highest BCUT2D eigenvalue weighted by atomic mass is 32.2. The van der Waals surface area contributed by atoms with Gasteiger partial charge in [0.2, 0.25) is 5.91 Å². The van der Waals surface area contributed by atoms with E-state index in [0.717, 1.165) is 5.69 Å². The second-order valence-corrected chi connectivity index (χ2v) is 6.86. The van der Waals surface area contributed by atoms with E-state index in [-0.39, 0.29) is 16.9 Å². The molecule has 1 aliphatic rings. The van der Waals surface area contributed by atoms with Crippen LogP contribution in [0.1, 0.15) is 13.3 Å². The molecule has 1 fully saturated rings. The van der Waals surface area contributed by atoms with Crippen LogP contribution in [0.5, 0.6) is 11.5 Å². The minimum atomic E-state index is 0.0952. The molecule has 1 aliphatic heterocycles. The van der Waals surface area contributed by atoms with Crippen molar-refractivity contribution in [3.8, 4) is 11.5 Å². The molecule has 0 saturated carbocycles. The predicted molar refractivity (Wildman–Crippen MR) is 94.4 cm³/mol. The van der Waals surface area contributed by atoms with E-state index < -0.39 is 0 Å². The van der Waals surface area contributed by atoms with Crippen LogP contribution < -0.4 is 9.64 Å². The molecule has 124 valence electrons. The molecule has 2 heterocycles. The van der Waals surface area contributed by atoms with Crippen molar-refractivity contribution in [2.75, 3.05) is 17.2 Å². The Bertz CT molecular complexity index is 719. The van der Waals surface area contributed by atoms with Gasteiger partial charge in [0.25, 0.3) is 0 Å². The van der Waals surface area contributed by atoms with E-state index in [9.17, 15) is 9.59 Å². The van der Waals surface area contributed by atoms with Gasteiger partial charge in [-0.25, -0.2) is 0 Å². The number of rotatable bonds is 5. The molecule has 6 heteroatoms. The molecule has 1 aromatic carbocycles. The summed E-state index contributed by atoms with van der Waals surface area (Å²) in [5, 5.41) is 0.0952. The van der Waals surface area contributed by atoms with Crippen molar-refractivity contribution in [3.63, 3.8) is 0 Å². The summed E-state index contributed by atoms with van der Waals surface area (Å²) < 4.78 is 5.70. The average Bonchev–Trinajstić information content (AvgIpc) is 2.96. The van der Waals surface area contributed by atoms with E-state index in [1.807, 2.05) is 36.4 Å². The maximum absolute atomic E-state index is 12.2. The molecule has 5 nitrogen and oxygen atoms in total. The molecular formula is C18H18N2O3S. The second kappa shape index (κ2) is 7.49. The Balaban J connectivity index is 1.63. The van der Waals surface area contributed by atoms with Crippen molar-refractivity contribution in [1.29, 1.82) is 0 Å². The maximum atomic E-state index is 12.2. The first kappa shape index (κ1) is 16.5. The smallest absolute Gasteiger partial charge is 0.227 e. The fourth-order valence-electron chi connectivity index (χ4n) is 2.62. The molecule has 0 bridgehead atoms. The third-order valence-electron chi connectivity index (χ3n) is 3.75. The van der Waals surface area contributed by atoms with E-state index in [0.29, 0.717) is 30.2 Å². The third-order valence-corrected chi connectivity index (χ3v) is 4.79. The van der Waals surface area contributed by atoms with Crippen LogP contribution >= 0.6 is 11.8 Å². The van der Waals surface area contributed by atoms with E-state index in [2.05, 4.69) is 4.98 Å². The van der Waals surface area contributed by atoms with Gasteiger partial charge in [0.1, 0.15) is 11.5 Å². The summed E-state index contributed by atoms with van der Waals surface area (Å²) in [5.41, 5.74) is 0.855. The number of amides is 1. The Morgan fingerprint density at radius 3 is 2.75 bits per heavy atom. The van der Waals surface area contributed by atoms with Crippen molar-refractivity contribution < 1.29 is 14.3 Å². The summed E-state index contributed by atoms with van der Waals surface area (Å²) in [6.45, 7) is 2.21.